The van der Waals surface area contributed by atoms with E-state index in [1.165, 1.54) is 12.8 Å². The fraction of sp³-hybridized carbons (Fsp3) is 0.250. The lowest BCUT2D eigenvalue weighted by Gasteiger charge is -2.16. The number of anilines is 3. The average molecular weight is 375 g/mol. The standard InChI is InChI=1S/C20H21N7O/c1-28-16-7-4-6-15(12-16)26-13-18(21-14-26)22-19-17-8-5-11-27(17)24-20(23-19)25-9-2-3-10-25/h4-8,11-14H,2-3,9-10H2,1H3,(H,22,23,24). The zero-order valence-corrected chi connectivity index (χ0v) is 15.6. The number of hydrogen-bond acceptors (Lipinski definition) is 6. The fourth-order valence-electron chi connectivity index (χ4n) is 3.49. The molecule has 3 aromatic heterocycles. The summed E-state index contributed by atoms with van der Waals surface area (Å²) in [5, 5.41) is 8.00. The van der Waals surface area contributed by atoms with Crippen LogP contribution in [0, 0.1) is 0 Å². The normalized spacial score (nSPS) is 14.0. The molecule has 0 aliphatic carbocycles. The van der Waals surface area contributed by atoms with Crippen LogP contribution in [-0.2, 0) is 0 Å². The van der Waals surface area contributed by atoms with Crippen LogP contribution in [0.3, 0.4) is 0 Å². The van der Waals surface area contributed by atoms with Gasteiger partial charge in [0.05, 0.1) is 19.0 Å². The Morgan fingerprint density at radius 1 is 1.11 bits per heavy atom. The first-order valence-corrected chi connectivity index (χ1v) is 9.36. The van der Waals surface area contributed by atoms with Crippen molar-refractivity contribution in [1.29, 1.82) is 0 Å². The van der Waals surface area contributed by atoms with Crippen LogP contribution in [0.1, 0.15) is 12.8 Å². The number of imidazole rings is 1. The van der Waals surface area contributed by atoms with E-state index in [9.17, 15) is 0 Å². The molecular formula is C20H21N7O. The van der Waals surface area contributed by atoms with Gasteiger partial charge in [-0.3, -0.25) is 0 Å². The first kappa shape index (κ1) is 16.6. The van der Waals surface area contributed by atoms with Crippen molar-refractivity contribution in [3.8, 4) is 11.4 Å². The van der Waals surface area contributed by atoms with Crippen molar-refractivity contribution in [2.24, 2.45) is 0 Å². The lowest BCUT2D eigenvalue weighted by atomic mass is 10.3. The number of methoxy groups -OCH3 is 1. The van der Waals surface area contributed by atoms with Gasteiger partial charge < -0.3 is 19.5 Å². The molecule has 1 N–H and O–H groups in total. The predicted octanol–water partition coefficient (Wildman–Crippen LogP) is 3.27. The molecule has 0 bridgehead atoms. The van der Waals surface area contributed by atoms with Crippen molar-refractivity contribution in [2.75, 3.05) is 30.4 Å². The number of nitrogens with one attached hydrogen (secondary N) is 1. The first-order valence-electron chi connectivity index (χ1n) is 9.36. The highest BCUT2D eigenvalue weighted by atomic mass is 16.5. The molecular weight excluding hydrogens is 354 g/mol. The minimum atomic E-state index is 0.719. The molecule has 0 saturated carbocycles. The number of aromatic nitrogens is 5. The maximum atomic E-state index is 5.31. The van der Waals surface area contributed by atoms with Gasteiger partial charge in [-0.2, -0.15) is 4.98 Å². The second-order valence-electron chi connectivity index (χ2n) is 6.79. The van der Waals surface area contributed by atoms with Crippen LogP contribution in [0.4, 0.5) is 17.6 Å². The molecule has 0 amide bonds. The molecule has 0 unspecified atom stereocenters. The Labute approximate surface area is 162 Å². The van der Waals surface area contributed by atoms with E-state index in [0.29, 0.717) is 0 Å². The summed E-state index contributed by atoms with van der Waals surface area (Å²) in [6.45, 7) is 1.99. The molecule has 8 heteroatoms. The summed E-state index contributed by atoms with van der Waals surface area (Å²) in [5.41, 5.74) is 1.90. The number of ether oxygens (including phenoxy) is 1. The van der Waals surface area contributed by atoms with Gasteiger partial charge in [0.15, 0.2) is 5.82 Å². The van der Waals surface area contributed by atoms with Gasteiger partial charge in [-0.25, -0.2) is 9.50 Å². The van der Waals surface area contributed by atoms with Crippen LogP contribution in [0.5, 0.6) is 5.75 Å². The molecule has 1 fully saturated rings. The van der Waals surface area contributed by atoms with E-state index in [4.69, 9.17) is 9.72 Å². The molecule has 4 aromatic rings. The maximum Gasteiger partial charge on any atom is 0.245 e. The number of fused-ring (bicyclic) bond motifs is 1. The third-order valence-corrected chi connectivity index (χ3v) is 4.95. The molecule has 142 valence electrons. The fourth-order valence-corrected chi connectivity index (χ4v) is 3.49. The molecule has 1 aromatic carbocycles. The third-order valence-electron chi connectivity index (χ3n) is 4.95. The van der Waals surface area contributed by atoms with Crippen molar-refractivity contribution < 1.29 is 4.74 Å². The minimum absolute atomic E-state index is 0.719. The monoisotopic (exact) mass is 375 g/mol. The van der Waals surface area contributed by atoms with Gasteiger partial charge in [-0.05, 0) is 37.1 Å². The van der Waals surface area contributed by atoms with E-state index in [1.807, 2.05) is 57.9 Å². The Morgan fingerprint density at radius 3 is 2.86 bits per heavy atom. The Morgan fingerprint density at radius 2 is 2.00 bits per heavy atom. The molecule has 1 aliphatic rings. The third kappa shape index (κ3) is 3.02. The van der Waals surface area contributed by atoms with E-state index in [0.717, 1.165) is 47.6 Å². The summed E-state index contributed by atoms with van der Waals surface area (Å²) in [5.74, 6) is 3.02. The Bertz CT molecular complexity index is 1110. The van der Waals surface area contributed by atoms with Crippen LogP contribution < -0.4 is 15.0 Å². The minimum Gasteiger partial charge on any atom is -0.497 e. The summed E-state index contributed by atoms with van der Waals surface area (Å²) in [4.78, 5) is 11.5. The van der Waals surface area contributed by atoms with Crippen molar-refractivity contribution >= 4 is 23.1 Å². The largest absolute Gasteiger partial charge is 0.497 e. The number of nitrogens with zero attached hydrogens (tertiary/aromatic N) is 6. The smallest absolute Gasteiger partial charge is 0.245 e. The van der Waals surface area contributed by atoms with Crippen LogP contribution >= 0.6 is 0 Å². The Kier molecular flexibility index (Phi) is 4.08. The van der Waals surface area contributed by atoms with E-state index >= 15 is 0 Å². The van der Waals surface area contributed by atoms with Gasteiger partial charge >= 0.3 is 0 Å². The highest BCUT2D eigenvalue weighted by Crippen LogP contribution is 2.24. The number of rotatable bonds is 5. The molecule has 1 aliphatic heterocycles. The van der Waals surface area contributed by atoms with Gasteiger partial charge in [0.2, 0.25) is 5.95 Å². The Hall–Kier alpha value is -3.55. The van der Waals surface area contributed by atoms with Gasteiger partial charge in [0.1, 0.15) is 23.4 Å². The van der Waals surface area contributed by atoms with Crippen LogP contribution in [-0.4, -0.2) is 44.3 Å². The summed E-state index contributed by atoms with van der Waals surface area (Å²) in [6, 6.07) is 11.8. The van der Waals surface area contributed by atoms with Gasteiger partial charge in [0.25, 0.3) is 0 Å². The zero-order valence-electron chi connectivity index (χ0n) is 15.6. The van der Waals surface area contributed by atoms with Gasteiger partial charge in [-0.1, -0.05) is 6.07 Å². The second-order valence-corrected chi connectivity index (χ2v) is 6.79. The number of hydrogen-bond donors (Lipinski definition) is 1. The highest BCUT2D eigenvalue weighted by Gasteiger charge is 2.18. The van der Waals surface area contributed by atoms with Crippen molar-refractivity contribution in [3.63, 3.8) is 0 Å². The lowest BCUT2D eigenvalue weighted by Crippen LogP contribution is -2.22. The van der Waals surface area contributed by atoms with E-state index in [1.54, 1.807) is 13.4 Å². The van der Waals surface area contributed by atoms with Crippen LogP contribution in [0.15, 0.2) is 55.1 Å². The van der Waals surface area contributed by atoms with Crippen molar-refractivity contribution in [1.82, 2.24) is 24.1 Å². The molecule has 0 spiro atoms. The van der Waals surface area contributed by atoms with Crippen molar-refractivity contribution in [2.45, 2.75) is 12.8 Å². The zero-order chi connectivity index (χ0) is 18.9. The summed E-state index contributed by atoms with van der Waals surface area (Å²) in [7, 11) is 1.66. The molecule has 0 atom stereocenters. The second kappa shape index (κ2) is 6.88. The SMILES string of the molecule is COc1cccc(-n2cnc(Nc3nc(N4CCCC4)nn4cccc34)c2)c1. The van der Waals surface area contributed by atoms with Crippen LogP contribution in [0.2, 0.25) is 0 Å². The molecule has 4 heterocycles. The molecule has 5 rings (SSSR count). The quantitative estimate of drug-likeness (QED) is 0.577. The maximum absolute atomic E-state index is 5.31. The number of benzene rings is 1. The van der Waals surface area contributed by atoms with Crippen LogP contribution in [0.25, 0.3) is 11.2 Å². The van der Waals surface area contributed by atoms with E-state index < -0.39 is 0 Å². The summed E-state index contributed by atoms with van der Waals surface area (Å²) in [6.07, 6.45) is 8.01. The lowest BCUT2D eigenvalue weighted by molar-refractivity contribution is 0.414. The Balaban J connectivity index is 1.47. The average Bonchev–Trinajstić information content (AvgIpc) is 3.48. The molecule has 28 heavy (non-hydrogen) atoms. The van der Waals surface area contributed by atoms with E-state index in [-0.39, 0.29) is 0 Å². The van der Waals surface area contributed by atoms with Gasteiger partial charge in [0, 0.05) is 25.4 Å². The van der Waals surface area contributed by atoms with E-state index in [2.05, 4.69) is 20.3 Å². The molecule has 1 saturated heterocycles. The predicted molar refractivity (Wildman–Crippen MR) is 108 cm³/mol. The van der Waals surface area contributed by atoms with Gasteiger partial charge in [-0.15, -0.1) is 5.10 Å². The topological polar surface area (TPSA) is 72.5 Å². The van der Waals surface area contributed by atoms with Crippen molar-refractivity contribution in [3.05, 3.63) is 55.1 Å². The first-order chi connectivity index (χ1) is 13.8. The molecule has 8 nitrogen and oxygen atoms in total. The molecule has 0 radical (unpaired) electrons. The highest BCUT2D eigenvalue weighted by molar-refractivity contribution is 5.73. The summed E-state index contributed by atoms with van der Waals surface area (Å²) >= 11 is 0. The summed E-state index contributed by atoms with van der Waals surface area (Å²) < 4.78 is 9.12.